The molecule has 2 aromatic carbocycles. The Bertz CT molecular complexity index is 978. The highest BCUT2D eigenvalue weighted by molar-refractivity contribution is 9.10. The van der Waals surface area contributed by atoms with Crippen molar-refractivity contribution in [3.63, 3.8) is 0 Å². The predicted octanol–water partition coefficient (Wildman–Crippen LogP) is 3.26. The largest absolute Gasteiger partial charge is 0.496 e. The molecule has 8 heteroatoms. The van der Waals surface area contributed by atoms with Crippen LogP contribution in [-0.2, 0) is 16.0 Å². The van der Waals surface area contributed by atoms with Crippen molar-refractivity contribution < 1.29 is 19.1 Å². The van der Waals surface area contributed by atoms with Gasteiger partial charge < -0.3 is 15.4 Å². The number of carbonyl (C=O) groups is 3. The number of urea groups is 1. The standard InChI is InChI=1S/C21H22BrN3O4/c1-13-10-15(22)8-9-16(13)23-18(26)12-25-19(27)21(2,24-20(25)28)11-14-6-4-5-7-17(14)29-3/h4-10H,11-12H2,1-3H3,(H,23,26)(H,24,28)/t21-/m1/s1. The Morgan fingerprint density at radius 1 is 1.24 bits per heavy atom. The van der Waals surface area contributed by atoms with Gasteiger partial charge in [0.1, 0.15) is 17.8 Å². The molecule has 0 saturated carbocycles. The third-order valence-corrected chi connectivity index (χ3v) is 5.34. The molecule has 4 amide bonds. The molecule has 0 bridgehead atoms. The SMILES string of the molecule is COc1ccccc1C[C@@]1(C)NC(=O)N(CC(=O)Nc2ccc(Br)cc2C)C1=O. The van der Waals surface area contributed by atoms with E-state index in [2.05, 4.69) is 26.6 Å². The Hall–Kier alpha value is -2.87. The lowest BCUT2D eigenvalue weighted by Crippen LogP contribution is -2.46. The zero-order valence-corrected chi connectivity index (χ0v) is 18.0. The molecule has 0 unspecified atom stereocenters. The summed E-state index contributed by atoms with van der Waals surface area (Å²) in [5, 5.41) is 5.46. The van der Waals surface area contributed by atoms with Crippen molar-refractivity contribution in [2.24, 2.45) is 0 Å². The number of nitrogens with zero attached hydrogens (tertiary/aromatic N) is 1. The van der Waals surface area contributed by atoms with Crippen LogP contribution in [0.1, 0.15) is 18.1 Å². The van der Waals surface area contributed by atoms with Gasteiger partial charge in [-0.05, 0) is 49.2 Å². The van der Waals surface area contributed by atoms with Gasteiger partial charge in [-0.2, -0.15) is 0 Å². The van der Waals surface area contributed by atoms with E-state index in [9.17, 15) is 14.4 Å². The van der Waals surface area contributed by atoms with Crippen LogP contribution < -0.4 is 15.4 Å². The third kappa shape index (κ3) is 4.42. The molecule has 2 N–H and O–H groups in total. The van der Waals surface area contributed by atoms with Gasteiger partial charge in [-0.25, -0.2) is 4.79 Å². The van der Waals surface area contributed by atoms with E-state index in [1.54, 1.807) is 32.2 Å². The van der Waals surface area contributed by atoms with Gasteiger partial charge in [0.15, 0.2) is 0 Å². The number of halogens is 1. The number of imide groups is 1. The van der Waals surface area contributed by atoms with Gasteiger partial charge in [0.2, 0.25) is 5.91 Å². The Labute approximate surface area is 177 Å². The van der Waals surface area contributed by atoms with Crippen molar-refractivity contribution >= 4 is 39.5 Å². The minimum absolute atomic E-state index is 0.255. The number of anilines is 1. The van der Waals surface area contributed by atoms with E-state index < -0.39 is 23.4 Å². The molecule has 0 spiro atoms. The van der Waals surface area contributed by atoms with E-state index in [-0.39, 0.29) is 13.0 Å². The lowest BCUT2D eigenvalue weighted by molar-refractivity contribution is -0.133. The number of hydrogen-bond acceptors (Lipinski definition) is 4. The molecule has 0 aliphatic carbocycles. The molecule has 1 aliphatic heterocycles. The van der Waals surface area contributed by atoms with E-state index in [1.807, 2.05) is 31.2 Å². The number of benzene rings is 2. The lowest BCUT2D eigenvalue weighted by Gasteiger charge is -2.22. The van der Waals surface area contributed by atoms with Gasteiger partial charge in [0.05, 0.1) is 7.11 Å². The molecular formula is C21H22BrN3O4. The summed E-state index contributed by atoms with van der Waals surface area (Å²) in [5.41, 5.74) is 1.13. The first-order valence-electron chi connectivity index (χ1n) is 9.05. The van der Waals surface area contributed by atoms with Crippen LogP contribution in [0.4, 0.5) is 10.5 Å². The minimum atomic E-state index is -1.15. The summed E-state index contributed by atoms with van der Waals surface area (Å²) in [6.45, 7) is 3.15. The first-order chi connectivity index (χ1) is 13.7. The Morgan fingerprint density at radius 2 is 1.97 bits per heavy atom. The molecule has 1 atom stereocenters. The normalized spacial score (nSPS) is 18.6. The molecular weight excluding hydrogens is 438 g/mol. The fraction of sp³-hybridized carbons (Fsp3) is 0.286. The number of rotatable bonds is 6. The summed E-state index contributed by atoms with van der Waals surface area (Å²) >= 11 is 3.37. The Morgan fingerprint density at radius 3 is 2.66 bits per heavy atom. The van der Waals surface area contributed by atoms with E-state index in [4.69, 9.17) is 4.74 Å². The van der Waals surface area contributed by atoms with Crippen LogP contribution in [0.25, 0.3) is 0 Å². The number of para-hydroxylation sites is 1. The second-order valence-electron chi connectivity index (χ2n) is 7.15. The van der Waals surface area contributed by atoms with E-state index >= 15 is 0 Å². The van der Waals surface area contributed by atoms with Crippen molar-refractivity contribution in [1.29, 1.82) is 0 Å². The summed E-state index contributed by atoms with van der Waals surface area (Å²) in [7, 11) is 1.55. The number of hydrogen-bond donors (Lipinski definition) is 2. The maximum Gasteiger partial charge on any atom is 0.325 e. The maximum absolute atomic E-state index is 13.0. The smallest absolute Gasteiger partial charge is 0.325 e. The van der Waals surface area contributed by atoms with Gasteiger partial charge in [0, 0.05) is 16.6 Å². The minimum Gasteiger partial charge on any atom is -0.496 e. The second-order valence-corrected chi connectivity index (χ2v) is 8.07. The summed E-state index contributed by atoms with van der Waals surface area (Å²) in [5.74, 6) is -0.255. The number of amides is 4. The number of aryl methyl sites for hydroxylation is 1. The van der Waals surface area contributed by atoms with Crippen molar-refractivity contribution in [3.05, 3.63) is 58.1 Å². The molecule has 29 heavy (non-hydrogen) atoms. The highest BCUT2D eigenvalue weighted by Crippen LogP contribution is 2.27. The summed E-state index contributed by atoms with van der Waals surface area (Å²) in [6, 6.07) is 12.2. The zero-order chi connectivity index (χ0) is 21.2. The zero-order valence-electron chi connectivity index (χ0n) is 16.4. The first-order valence-corrected chi connectivity index (χ1v) is 9.85. The average Bonchev–Trinajstić information content (AvgIpc) is 2.87. The van der Waals surface area contributed by atoms with E-state index in [0.29, 0.717) is 11.4 Å². The number of methoxy groups -OCH3 is 1. The first kappa shape index (κ1) is 20.9. The van der Waals surface area contributed by atoms with Gasteiger partial charge in [-0.3, -0.25) is 14.5 Å². The quantitative estimate of drug-likeness (QED) is 0.648. The van der Waals surface area contributed by atoms with Gasteiger partial charge in [0.25, 0.3) is 5.91 Å². The van der Waals surface area contributed by atoms with Crippen LogP contribution in [-0.4, -0.2) is 41.9 Å². The summed E-state index contributed by atoms with van der Waals surface area (Å²) in [6.07, 6.45) is 0.255. The van der Waals surface area contributed by atoms with Crippen LogP contribution >= 0.6 is 15.9 Å². The van der Waals surface area contributed by atoms with Crippen LogP contribution in [0.5, 0.6) is 5.75 Å². The van der Waals surface area contributed by atoms with E-state index in [0.717, 1.165) is 20.5 Å². The van der Waals surface area contributed by atoms with Gasteiger partial charge in [-0.15, -0.1) is 0 Å². The van der Waals surface area contributed by atoms with Gasteiger partial charge >= 0.3 is 6.03 Å². The summed E-state index contributed by atoms with van der Waals surface area (Å²) in [4.78, 5) is 38.8. The molecule has 1 heterocycles. The van der Waals surface area contributed by atoms with Crippen molar-refractivity contribution in [3.8, 4) is 5.75 Å². The van der Waals surface area contributed by atoms with Gasteiger partial charge in [-0.1, -0.05) is 34.1 Å². The number of ether oxygens (including phenoxy) is 1. The molecule has 0 aromatic heterocycles. The maximum atomic E-state index is 13.0. The molecule has 1 fully saturated rings. The molecule has 0 radical (unpaired) electrons. The number of carbonyl (C=O) groups excluding carboxylic acids is 3. The topological polar surface area (TPSA) is 87.7 Å². The van der Waals surface area contributed by atoms with Crippen LogP contribution in [0.15, 0.2) is 46.9 Å². The molecule has 1 saturated heterocycles. The van der Waals surface area contributed by atoms with Crippen molar-refractivity contribution in [2.75, 3.05) is 19.0 Å². The van der Waals surface area contributed by atoms with Crippen LogP contribution in [0, 0.1) is 6.92 Å². The second kappa shape index (κ2) is 8.24. The molecule has 152 valence electrons. The monoisotopic (exact) mass is 459 g/mol. The van der Waals surface area contributed by atoms with Crippen LogP contribution in [0.3, 0.4) is 0 Å². The highest BCUT2D eigenvalue weighted by Gasteiger charge is 2.48. The summed E-state index contributed by atoms with van der Waals surface area (Å²) < 4.78 is 6.23. The van der Waals surface area contributed by atoms with E-state index in [1.165, 1.54) is 0 Å². The molecule has 7 nitrogen and oxygen atoms in total. The number of nitrogens with one attached hydrogen (secondary N) is 2. The molecule has 2 aromatic rings. The highest BCUT2D eigenvalue weighted by atomic mass is 79.9. The Kier molecular flexibility index (Phi) is 5.93. The average molecular weight is 460 g/mol. The van der Waals surface area contributed by atoms with Crippen LogP contribution in [0.2, 0.25) is 0 Å². The van der Waals surface area contributed by atoms with Crippen molar-refractivity contribution in [2.45, 2.75) is 25.8 Å². The fourth-order valence-electron chi connectivity index (χ4n) is 3.34. The molecule has 1 aliphatic rings. The van der Waals surface area contributed by atoms with Crippen molar-refractivity contribution in [1.82, 2.24) is 10.2 Å². The fourth-order valence-corrected chi connectivity index (χ4v) is 3.82. The predicted molar refractivity (Wildman–Crippen MR) is 113 cm³/mol. The third-order valence-electron chi connectivity index (χ3n) is 4.85. The molecule has 3 rings (SSSR count). The lowest BCUT2D eigenvalue weighted by atomic mass is 9.92. The Balaban J connectivity index is 1.72.